The lowest BCUT2D eigenvalue weighted by molar-refractivity contribution is 0.0607. The summed E-state index contributed by atoms with van der Waals surface area (Å²) in [6, 6.07) is 0. The molecule has 2 rings (SSSR count). The number of ether oxygens (including phenoxy) is 1. The molecular weight excluding hydrogens is 260 g/mol. The number of fused-ring (bicyclic) bond motifs is 1. The van der Waals surface area contributed by atoms with E-state index >= 15 is 0 Å². The van der Waals surface area contributed by atoms with Crippen LogP contribution in [0.3, 0.4) is 0 Å². The van der Waals surface area contributed by atoms with E-state index in [0.717, 1.165) is 16.6 Å². The van der Waals surface area contributed by atoms with Gasteiger partial charge in [0.1, 0.15) is 9.71 Å². The zero-order valence-electron chi connectivity index (χ0n) is 9.63. The molecule has 0 aliphatic heterocycles. The molecule has 2 heterocycles. The van der Waals surface area contributed by atoms with Crippen molar-refractivity contribution in [2.75, 3.05) is 12.8 Å². The molecule has 0 atom stereocenters. The van der Waals surface area contributed by atoms with Gasteiger partial charge in [-0.2, -0.15) is 0 Å². The van der Waals surface area contributed by atoms with Crippen LogP contribution in [-0.4, -0.2) is 18.1 Å². The van der Waals surface area contributed by atoms with Crippen LogP contribution in [0, 0.1) is 13.8 Å². The Balaban J connectivity index is 2.83. The zero-order chi connectivity index (χ0) is 12.7. The number of nitrogens with zero attached hydrogens (tertiary/aromatic N) is 1. The number of esters is 1. The van der Waals surface area contributed by atoms with Crippen LogP contribution in [-0.2, 0) is 4.74 Å². The zero-order valence-corrected chi connectivity index (χ0v) is 11.2. The Labute approximate surface area is 107 Å². The van der Waals surface area contributed by atoms with Crippen molar-refractivity contribution >= 4 is 44.8 Å². The highest BCUT2D eigenvalue weighted by Gasteiger charge is 2.20. The molecule has 0 saturated heterocycles. The molecule has 0 fully saturated rings. The summed E-state index contributed by atoms with van der Waals surface area (Å²) >= 11 is 7.35. The average Bonchev–Trinajstić information content (AvgIpc) is 2.62. The van der Waals surface area contributed by atoms with Crippen LogP contribution in [0.25, 0.3) is 10.2 Å². The summed E-state index contributed by atoms with van der Waals surface area (Å²) in [6.07, 6.45) is 0. The molecule has 0 bridgehead atoms. The molecule has 2 aromatic rings. The first-order valence-electron chi connectivity index (χ1n) is 4.90. The first kappa shape index (κ1) is 12.1. The largest absolute Gasteiger partial charge is 0.465 e. The van der Waals surface area contributed by atoms with Gasteiger partial charge in [-0.25, -0.2) is 9.78 Å². The highest BCUT2D eigenvalue weighted by molar-refractivity contribution is 7.21. The molecule has 0 saturated carbocycles. The van der Waals surface area contributed by atoms with Gasteiger partial charge in [0.05, 0.1) is 23.5 Å². The predicted octanol–water partition coefficient (Wildman–Crippen LogP) is 2.94. The van der Waals surface area contributed by atoms with Gasteiger partial charge in [-0.3, -0.25) is 0 Å². The van der Waals surface area contributed by atoms with Crippen LogP contribution in [0.1, 0.15) is 20.9 Å². The Morgan fingerprint density at radius 3 is 2.71 bits per heavy atom. The van der Waals surface area contributed by atoms with Gasteiger partial charge in [0, 0.05) is 5.39 Å². The maximum absolute atomic E-state index is 11.5. The van der Waals surface area contributed by atoms with Crippen LogP contribution in [0.5, 0.6) is 0 Å². The second-order valence-corrected chi connectivity index (χ2v) is 5.03. The highest BCUT2D eigenvalue weighted by Crippen LogP contribution is 2.38. The maximum atomic E-state index is 11.5. The van der Waals surface area contributed by atoms with Crippen molar-refractivity contribution in [3.05, 3.63) is 21.2 Å². The van der Waals surface area contributed by atoms with Gasteiger partial charge in [0.15, 0.2) is 0 Å². The number of rotatable bonds is 1. The van der Waals surface area contributed by atoms with Gasteiger partial charge < -0.3 is 10.5 Å². The highest BCUT2D eigenvalue weighted by atomic mass is 35.5. The third-order valence-corrected chi connectivity index (χ3v) is 4.22. The second-order valence-electron chi connectivity index (χ2n) is 3.65. The molecule has 6 heteroatoms. The molecule has 0 aliphatic rings. The monoisotopic (exact) mass is 270 g/mol. The lowest BCUT2D eigenvalue weighted by Crippen LogP contribution is -2.01. The van der Waals surface area contributed by atoms with Gasteiger partial charge in [0.2, 0.25) is 0 Å². The van der Waals surface area contributed by atoms with Gasteiger partial charge in [-0.15, -0.1) is 11.3 Å². The molecule has 0 unspecified atom stereocenters. The number of hydrogen-bond donors (Lipinski definition) is 1. The average molecular weight is 271 g/mol. The summed E-state index contributed by atoms with van der Waals surface area (Å²) < 4.78 is 4.68. The molecule has 0 radical (unpaired) electrons. The molecule has 0 aromatic carbocycles. The first-order chi connectivity index (χ1) is 7.97. The smallest absolute Gasteiger partial charge is 0.350 e. The van der Waals surface area contributed by atoms with Crippen molar-refractivity contribution in [3.8, 4) is 0 Å². The van der Waals surface area contributed by atoms with E-state index in [1.165, 1.54) is 18.4 Å². The molecular formula is C11H11ClN2O2S. The van der Waals surface area contributed by atoms with Crippen LogP contribution in [0.4, 0.5) is 5.69 Å². The number of aryl methyl sites for hydroxylation is 2. The standard InChI is InChI=1S/C11H11ClN2O2S/c1-4-6-8(13)9(11(15)16-3)17-10(6)14-5(2)7(4)12/h13H2,1-3H3. The Bertz CT molecular complexity index is 622. The first-order valence-corrected chi connectivity index (χ1v) is 6.09. The minimum absolute atomic E-state index is 0.375. The number of nitrogen functional groups attached to an aromatic ring is 1. The van der Waals surface area contributed by atoms with Gasteiger partial charge >= 0.3 is 5.97 Å². The van der Waals surface area contributed by atoms with E-state index in [1.54, 1.807) is 0 Å². The lowest BCUT2D eigenvalue weighted by atomic mass is 10.1. The number of methoxy groups -OCH3 is 1. The van der Waals surface area contributed by atoms with E-state index in [-0.39, 0.29) is 0 Å². The van der Waals surface area contributed by atoms with Crippen molar-refractivity contribution in [1.29, 1.82) is 0 Å². The fourth-order valence-corrected chi connectivity index (χ4v) is 2.96. The van der Waals surface area contributed by atoms with E-state index in [9.17, 15) is 4.79 Å². The Hall–Kier alpha value is -1.33. The van der Waals surface area contributed by atoms with Crippen LogP contribution in [0.15, 0.2) is 0 Å². The van der Waals surface area contributed by atoms with Crippen LogP contribution in [0.2, 0.25) is 5.02 Å². The molecule has 4 nitrogen and oxygen atoms in total. The number of hydrogen-bond acceptors (Lipinski definition) is 5. The molecule has 2 aromatic heterocycles. The van der Waals surface area contributed by atoms with E-state index in [1.807, 2.05) is 13.8 Å². The summed E-state index contributed by atoms with van der Waals surface area (Å²) in [5, 5.41) is 1.32. The number of carbonyl (C=O) groups excluding carboxylic acids is 1. The summed E-state index contributed by atoms with van der Waals surface area (Å²) in [5.41, 5.74) is 7.91. The van der Waals surface area contributed by atoms with Crippen LogP contribution >= 0.6 is 22.9 Å². The number of thiophene rings is 1. The minimum Gasteiger partial charge on any atom is -0.465 e. The van der Waals surface area contributed by atoms with Crippen molar-refractivity contribution in [1.82, 2.24) is 4.98 Å². The van der Waals surface area contributed by atoms with E-state index in [2.05, 4.69) is 9.72 Å². The van der Waals surface area contributed by atoms with Crippen molar-refractivity contribution in [3.63, 3.8) is 0 Å². The van der Waals surface area contributed by atoms with Gasteiger partial charge in [-0.05, 0) is 19.4 Å². The number of aromatic nitrogens is 1. The molecule has 0 aliphatic carbocycles. The predicted molar refractivity (Wildman–Crippen MR) is 69.9 cm³/mol. The number of halogens is 1. The maximum Gasteiger partial charge on any atom is 0.350 e. The van der Waals surface area contributed by atoms with Gasteiger partial charge in [-0.1, -0.05) is 11.6 Å². The third-order valence-electron chi connectivity index (χ3n) is 2.59. The SMILES string of the molecule is COC(=O)c1sc2nc(C)c(Cl)c(C)c2c1N. The molecule has 0 spiro atoms. The molecule has 2 N–H and O–H groups in total. The number of pyridine rings is 1. The van der Waals surface area contributed by atoms with Crippen molar-refractivity contribution in [2.45, 2.75) is 13.8 Å². The summed E-state index contributed by atoms with van der Waals surface area (Å²) in [5.74, 6) is -0.446. The summed E-state index contributed by atoms with van der Waals surface area (Å²) in [4.78, 5) is 17.0. The number of nitrogens with two attached hydrogens (primary N) is 1. The minimum atomic E-state index is -0.446. The van der Waals surface area contributed by atoms with Crippen LogP contribution < -0.4 is 5.73 Å². The Kier molecular flexibility index (Phi) is 2.97. The quantitative estimate of drug-likeness (QED) is 0.809. The van der Waals surface area contributed by atoms with E-state index < -0.39 is 5.97 Å². The summed E-state index contributed by atoms with van der Waals surface area (Å²) in [7, 11) is 1.32. The number of carbonyl (C=O) groups is 1. The second kappa shape index (κ2) is 4.16. The van der Waals surface area contributed by atoms with Crippen molar-refractivity contribution < 1.29 is 9.53 Å². The number of anilines is 1. The molecule has 0 amide bonds. The Morgan fingerprint density at radius 2 is 2.12 bits per heavy atom. The Morgan fingerprint density at radius 1 is 1.47 bits per heavy atom. The molecule has 90 valence electrons. The van der Waals surface area contributed by atoms with E-state index in [4.69, 9.17) is 17.3 Å². The fourth-order valence-electron chi connectivity index (χ4n) is 1.70. The third kappa shape index (κ3) is 1.75. The van der Waals surface area contributed by atoms with Crippen molar-refractivity contribution in [2.24, 2.45) is 0 Å². The normalized spacial score (nSPS) is 10.8. The lowest BCUT2D eigenvalue weighted by Gasteiger charge is -2.03. The summed E-state index contributed by atoms with van der Waals surface area (Å²) in [6.45, 7) is 3.69. The van der Waals surface area contributed by atoms with E-state index in [0.29, 0.717) is 20.4 Å². The topological polar surface area (TPSA) is 65.2 Å². The molecule has 17 heavy (non-hydrogen) atoms. The fraction of sp³-hybridized carbons (Fsp3) is 0.273. The van der Waals surface area contributed by atoms with Gasteiger partial charge in [0.25, 0.3) is 0 Å².